The number of hydrogen-bond donors (Lipinski definition) is 0. The number of carbonyl (C=O) groups is 1. The van der Waals surface area contributed by atoms with Crippen LogP contribution in [0.4, 0.5) is 13.2 Å². The second-order valence-corrected chi connectivity index (χ2v) is 3.82. The molecule has 1 atom stereocenters. The summed E-state index contributed by atoms with van der Waals surface area (Å²) in [6.45, 7) is 1.24. The Bertz CT molecular complexity index is 306. The Morgan fingerprint density at radius 1 is 1.41 bits per heavy atom. The molecule has 0 aliphatic carbocycles. The second kappa shape index (κ2) is 5.87. The molecular formula is C10H13F3N2O2. The van der Waals surface area contributed by atoms with Gasteiger partial charge in [-0.3, -0.25) is 4.79 Å². The standard InChI is InChI=1S/C10H13F3N2O2/c11-10(12,13)7-8(1-2-14)9(16)15-3-5-17-6-4-15/h8H,1,3-7H2. The first kappa shape index (κ1) is 13.8. The molecule has 0 radical (unpaired) electrons. The van der Waals surface area contributed by atoms with Crippen molar-refractivity contribution < 1.29 is 22.7 Å². The van der Waals surface area contributed by atoms with E-state index >= 15 is 0 Å². The van der Waals surface area contributed by atoms with Crippen molar-refractivity contribution in [1.82, 2.24) is 4.90 Å². The first-order valence-electron chi connectivity index (χ1n) is 5.24. The van der Waals surface area contributed by atoms with Gasteiger partial charge in [0.05, 0.1) is 31.6 Å². The minimum atomic E-state index is -4.43. The summed E-state index contributed by atoms with van der Waals surface area (Å²) in [4.78, 5) is 13.1. The van der Waals surface area contributed by atoms with Gasteiger partial charge < -0.3 is 9.64 Å². The number of rotatable bonds is 3. The first-order chi connectivity index (χ1) is 7.94. The highest BCUT2D eigenvalue weighted by atomic mass is 19.4. The highest BCUT2D eigenvalue weighted by Gasteiger charge is 2.37. The van der Waals surface area contributed by atoms with Gasteiger partial charge in [0.15, 0.2) is 0 Å². The van der Waals surface area contributed by atoms with Crippen LogP contribution < -0.4 is 0 Å². The highest BCUT2D eigenvalue weighted by molar-refractivity contribution is 5.79. The molecule has 1 fully saturated rings. The predicted octanol–water partition coefficient (Wildman–Crippen LogP) is 1.33. The van der Waals surface area contributed by atoms with Gasteiger partial charge >= 0.3 is 6.18 Å². The molecule has 7 heteroatoms. The molecule has 0 N–H and O–H groups in total. The molecule has 1 aliphatic rings. The van der Waals surface area contributed by atoms with Crippen LogP contribution in [0.5, 0.6) is 0 Å². The minimum absolute atomic E-state index is 0.290. The fraction of sp³-hybridized carbons (Fsp3) is 0.800. The van der Waals surface area contributed by atoms with Gasteiger partial charge in [0.2, 0.25) is 5.91 Å². The summed E-state index contributed by atoms with van der Waals surface area (Å²) in [7, 11) is 0. The van der Waals surface area contributed by atoms with E-state index in [2.05, 4.69) is 0 Å². The van der Waals surface area contributed by atoms with Crippen molar-refractivity contribution in [1.29, 1.82) is 5.26 Å². The van der Waals surface area contributed by atoms with Crippen molar-refractivity contribution in [2.45, 2.75) is 19.0 Å². The summed E-state index contributed by atoms with van der Waals surface area (Å²) in [6, 6.07) is 1.63. The van der Waals surface area contributed by atoms with E-state index in [0.717, 1.165) is 0 Å². The van der Waals surface area contributed by atoms with Crippen molar-refractivity contribution in [3.05, 3.63) is 0 Å². The Labute approximate surface area is 96.9 Å². The molecule has 0 aromatic heterocycles. The molecule has 0 bridgehead atoms. The number of nitriles is 1. The second-order valence-electron chi connectivity index (χ2n) is 3.82. The average Bonchev–Trinajstić information content (AvgIpc) is 2.27. The summed E-state index contributed by atoms with van der Waals surface area (Å²) >= 11 is 0. The quantitative estimate of drug-likeness (QED) is 0.759. The van der Waals surface area contributed by atoms with Crippen molar-refractivity contribution >= 4 is 5.91 Å². The lowest BCUT2D eigenvalue weighted by atomic mass is 10.00. The molecular weight excluding hydrogens is 237 g/mol. The van der Waals surface area contributed by atoms with Crippen molar-refractivity contribution in [2.75, 3.05) is 26.3 Å². The first-order valence-corrected chi connectivity index (χ1v) is 5.24. The predicted molar refractivity (Wildman–Crippen MR) is 51.8 cm³/mol. The summed E-state index contributed by atoms with van der Waals surface area (Å²) in [5, 5.41) is 8.47. The van der Waals surface area contributed by atoms with Crippen LogP contribution >= 0.6 is 0 Å². The summed E-state index contributed by atoms with van der Waals surface area (Å²) in [5.41, 5.74) is 0. The fourth-order valence-corrected chi connectivity index (χ4v) is 1.68. The molecule has 1 unspecified atom stereocenters. The molecule has 1 amide bonds. The number of hydrogen-bond acceptors (Lipinski definition) is 3. The number of morpholine rings is 1. The number of carbonyl (C=O) groups excluding carboxylic acids is 1. The molecule has 0 aromatic carbocycles. The van der Waals surface area contributed by atoms with Gasteiger partial charge in [-0.15, -0.1) is 0 Å². The molecule has 96 valence electrons. The maximum absolute atomic E-state index is 12.3. The zero-order chi connectivity index (χ0) is 12.9. The minimum Gasteiger partial charge on any atom is -0.378 e. The third-order valence-corrected chi connectivity index (χ3v) is 2.49. The van der Waals surface area contributed by atoms with Gasteiger partial charge in [0.25, 0.3) is 0 Å². The Balaban J connectivity index is 2.62. The Hall–Kier alpha value is -1.29. The van der Waals surface area contributed by atoms with E-state index in [1.807, 2.05) is 0 Å². The van der Waals surface area contributed by atoms with E-state index in [-0.39, 0.29) is 0 Å². The van der Waals surface area contributed by atoms with Gasteiger partial charge in [-0.25, -0.2) is 0 Å². The smallest absolute Gasteiger partial charge is 0.378 e. The fourth-order valence-electron chi connectivity index (χ4n) is 1.68. The SMILES string of the molecule is N#CCC(CC(F)(F)F)C(=O)N1CCOCC1. The number of nitrogens with zero attached hydrogens (tertiary/aromatic N) is 2. The molecule has 0 spiro atoms. The van der Waals surface area contributed by atoms with E-state index in [4.69, 9.17) is 10.00 Å². The van der Waals surface area contributed by atoms with Crippen LogP contribution in [0, 0.1) is 17.2 Å². The number of halogens is 3. The third kappa shape index (κ3) is 4.61. The lowest BCUT2D eigenvalue weighted by Gasteiger charge is -2.30. The molecule has 1 rings (SSSR count). The Morgan fingerprint density at radius 3 is 2.47 bits per heavy atom. The summed E-state index contributed by atoms with van der Waals surface area (Å²) < 4.78 is 41.8. The molecule has 1 aliphatic heterocycles. The van der Waals surface area contributed by atoms with Gasteiger partial charge in [-0.2, -0.15) is 18.4 Å². The van der Waals surface area contributed by atoms with E-state index in [1.165, 1.54) is 4.90 Å². The summed E-state index contributed by atoms with van der Waals surface area (Å²) in [6.07, 6.45) is -6.07. The zero-order valence-electron chi connectivity index (χ0n) is 9.16. The van der Waals surface area contributed by atoms with E-state index in [1.54, 1.807) is 6.07 Å². The van der Waals surface area contributed by atoms with Crippen LogP contribution in [0.25, 0.3) is 0 Å². The maximum Gasteiger partial charge on any atom is 0.389 e. The molecule has 0 saturated carbocycles. The zero-order valence-corrected chi connectivity index (χ0v) is 9.16. The maximum atomic E-state index is 12.3. The molecule has 1 heterocycles. The number of amides is 1. The molecule has 0 aromatic rings. The topological polar surface area (TPSA) is 53.3 Å². The Morgan fingerprint density at radius 2 is 2.00 bits per heavy atom. The molecule has 17 heavy (non-hydrogen) atoms. The van der Waals surface area contributed by atoms with Gasteiger partial charge in [0, 0.05) is 19.5 Å². The summed E-state index contributed by atoms with van der Waals surface area (Å²) in [5.74, 6) is -1.90. The van der Waals surface area contributed by atoms with E-state index in [9.17, 15) is 18.0 Å². The van der Waals surface area contributed by atoms with Crippen molar-refractivity contribution in [2.24, 2.45) is 5.92 Å². The van der Waals surface area contributed by atoms with Crippen LogP contribution in [-0.4, -0.2) is 43.3 Å². The van der Waals surface area contributed by atoms with E-state index in [0.29, 0.717) is 26.3 Å². The van der Waals surface area contributed by atoms with Crippen LogP contribution in [0.15, 0.2) is 0 Å². The lowest BCUT2D eigenvalue weighted by molar-refractivity contribution is -0.161. The monoisotopic (exact) mass is 250 g/mol. The van der Waals surface area contributed by atoms with Crippen molar-refractivity contribution in [3.63, 3.8) is 0 Å². The number of alkyl halides is 3. The third-order valence-electron chi connectivity index (χ3n) is 2.49. The molecule has 1 saturated heterocycles. The van der Waals surface area contributed by atoms with Crippen LogP contribution in [0.1, 0.15) is 12.8 Å². The van der Waals surface area contributed by atoms with Gasteiger partial charge in [0.1, 0.15) is 0 Å². The van der Waals surface area contributed by atoms with Crippen LogP contribution in [0.3, 0.4) is 0 Å². The van der Waals surface area contributed by atoms with Crippen LogP contribution in [0.2, 0.25) is 0 Å². The highest BCUT2D eigenvalue weighted by Crippen LogP contribution is 2.27. The average molecular weight is 250 g/mol. The normalized spacial score (nSPS) is 18.6. The molecule has 4 nitrogen and oxygen atoms in total. The lowest BCUT2D eigenvalue weighted by Crippen LogP contribution is -2.44. The van der Waals surface area contributed by atoms with E-state index < -0.39 is 30.8 Å². The van der Waals surface area contributed by atoms with Crippen LogP contribution in [-0.2, 0) is 9.53 Å². The van der Waals surface area contributed by atoms with Gasteiger partial charge in [-0.1, -0.05) is 0 Å². The Kier molecular flexibility index (Phi) is 4.75. The van der Waals surface area contributed by atoms with Gasteiger partial charge in [-0.05, 0) is 0 Å². The van der Waals surface area contributed by atoms with Crippen molar-refractivity contribution in [3.8, 4) is 6.07 Å². The number of ether oxygens (including phenoxy) is 1. The largest absolute Gasteiger partial charge is 0.389 e.